The Morgan fingerprint density at radius 3 is 2.57 bits per heavy atom. The zero-order valence-electron chi connectivity index (χ0n) is 11.1. The van der Waals surface area contributed by atoms with Crippen molar-refractivity contribution in [3.05, 3.63) is 59.7 Å². The van der Waals surface area contributed by atoms with Crippen molar-refractivity contribution < 1.29 is 18.3 Å². The Kier molecular flexibility index (Phi) is 4.52. The van der Waals surface area contributed by atoms with Crippen molar-refractivity contribution in [2.45, 2.75) is 0 Å². The van der Waals surface area contributed by atoms with E-state index in [2.05, 4.69) is 0 Å². The maximum atomic E-state index is 13.5. The van der Waals surface area contributed by atoms with Crippen LogP contribution in [0.15, 0.2) is 42.5 Å². The van der Waals surface area contributed by atoms with Crippen LogP contribution in [0.25, 0.3) is 6.08 Å². The number of allylic oxidation sites excluding steroid dienone is 1. The summed E-state index contributed by atoms with van der Waals surface area (Å²) in [4.78, 5) is 0. The van der Waals surface area contributed by atoms with Crippen molar-refractivity contribution in [3.63, 3.8) is 0 Å². The lowest BCUT2D eigenvalue weighted by Gasteiger charge is -2.11. The van der Waals surface area contributed by atoms with Gasteiger partial charge in [0.15, 0.2) is 11.5 Å². The fourth-order valence-corrected chi connectivity index (χ4v) is 1.73. The van der Waals surface area contributed by atoms with E-state index in [4.69, 9.17) is 14.7 Å². The molecule has 0 aliphatic rings. The molecule has 106 valence electrons. The van der Waals surface area contributed by atoms with Crippen LogP contribution in [0.4, 0.5) is 8.78 Å². The standard InChI is InChI=1S/C16H11F2NO2/c1-20-16-10-12(17)4-5-15(16)21-14-8-11(3-2-6-19)7-13(18)9-14/h2-5,7-10H,1H3/b3-2+. The van der Waals surface area contributed by atoms with Gasteiger partial charge in [-0.1, -0.05) is 0 Å². The highest BCUT2D eigenvalue weighted by molar-refractivity contribution is 5.55. The van der Waals surface area contributed by atoms with E-state index < -0.39 is 11.6 Å². The van der Waals surface area contributed by atoms with Crippen LogP contribution in [0, 0.1) is 23.0 Å². The predicted molar refractivity (Wildman–Crippen MR) is 74.1 cm³/mol. The summed E-state index contributed by atoms with van der Waals surface area (Å²) < 4.78 is 37.1. The van der Waals surface area contributed by atoms with E-state index in [1.807, 2.05) is 6.07 Å². The minimum absolute atomic E-state index is 0.202. The van der Waals surface area contributed by atoms with Crippen molar-refractivity contribution in [2.24, 2.45) is 0 Å². The van der Waals surface area contributed by atoms with E-state index in [-0.39, 0.29) is 17.2 Å². The van der Waals surface area contributed by atoms with Crippen molar-refractivity contribution in [1.82, 2.24) is 0 Å². The third kappa shape index (κ3) is 3.80. The Balaban J connectivity index is 2.33. The largest absolute Gasteiger partial charge is 0.493 e. The normalized spacial score (nSPS) is 10.4. The highest BCUT2D eigenvalue weighted by Crippen LogP contribution is 2.32. The molecule has 2 rings (SSSR count). The molecule has 0 aliphatic heterocycles. The summed E-state index contributed by atoms with van der Waals surface area (Å²) in [7, 11) is 1.38. The number of nitriles is 1. The monoisotopic (exact) mass is 287 g/mol. The Bertz CT molecular complexity index is 721. The lowest BCUT2D eigenvalue weighted by atomic mass is 10.2. The molecule has 0 spiro atoms. The topological polar surface area (TPSA) is 42.2 Å². The molecular weight excluding hydrogens is 276 g/mol. The van der Waals surface area contributed by atoms with Crippen molar-refractivity contribution in [1.29, 1.82) is 5.26 Å². The minimum Gasteiger partial charge on any atom is -0.493 e. The van der Waals surface area contributed by atoms with Crippen LogP contribution in [0.5, 0.6) is 17.2 Å². The molecule has 0 N–H and O–H groups in total. The fraction of sp³-hybridized carbons (Fsp3) is 0.0625. The molecule has 0 aliphatic carbocycles. The molecule has 0 saturated heterocycles. The second-order valence-corrected chi connectivity index (χ2v) is 4.08. The maximum absolute atomic E-state index is 13.5. The zero-order valence-corrected chi connectivity index (χ0v) is 11.1. The van der Waals surface area contributed by atoms with Crippen LogP contribution in [0.3, 0.4) is 0 Å². The fourth-order valence-electron chi connectivity index (χ4n) is 1.73. The summed E-state index contributed by atoms with van der Waals surface area (Å²) in [5, 5.41) is 8.48. The van der Waals surface area contributed by atoms with Crippen molar-refractivity contribution >= 4 is 6.08 Å². The first-order valence-electron chi connectivity index (χ1n) is 6.00. The van der Waals surface area contributed by atoms with Crippen LogP contribution in [0.1, 0.15) is 5.56 Å². The van der Waals surface area contributed by atoms with Gasteiger partial charge >= 0.3 is 0 Å². The highest BCUT2D eigenvalue weighted by atomic mass is 19.1. The van der Waals surface area contributed by atoms with E-state index in [1.54, 1.807) is 6.07 Å². The summed E-state index contributed by atoms with van der Waals surface area (Å²) in [6.07, 6.45) is 2.69. The summed E-state index contributed by atoms with van der Waals surface area (Å²) in [6, 6.07) is 9.61. The van der Waals surface area contributed by atoms with Gasteiger partial charge in [0.2, 0.25) is 0 Å². The molecule has 0 atom stereocenters. The first-order chi connectivity index (χ1) is 10.1. The van der Waals surface area contributed by atoms with Gasteiger partial charge in [-0.05, 0) is 35.9 Å². The van der Waals surface area contributed by atoms with Crippen LogP contribution in [-0.4, -0.2) is 7.11 Å². The third-order valence-electron chi connectivity index (χ3n) is 2.60. The average Bonchev–Trinajstić information content (AvgIpc) is 2.46. The Morgan fingerprint density at radius 2 is 1.86 bits per heavy atom. The number of benzene rings is 2. The molecule has 0 aromatic heterocycles. The van der Waals surface area contributed by atoms with Crippen LogP contribution in [-0.2, 0) is 0 Å². The number of rotatable bonds is 4. The van der Waals surface area contributed by atoms with Gasteiger partial charge in [0.1, 0.15) is 17.4 Å². The number of halogens is 2. The average molecular weight is 287 g/mol. The first kappa shape index (κ1) is 14.5. The molecule has 0 heterocycles. The third-order valence-corrected chi connectivity index (χ3v) is 2.60. The quantitative estimate of drug-likeness (QED) is 0.787. The van der Waals surface area contributed by atoms with Crippen LogP contribution >= 0.6 is 0 Å². The molecule has 0 saturated carbocycles. The Hall–Kier alpha value is -2.87. The summed E-state index contributed by atoms with van der Waals surface area (Å²) >= 11 is 0. The highest BCUT2D eigenvalue weighted by Gasteiger charge is 2.08. The van der Waals surface area contributed by atoms with Crippen molar-refractivity contribution in [3.8, 4) is 23.3 Å². The Morgan fingerprint density at radius 1 is 1.05 bits per heavy atom. The van der Waals surface area contributed by atoms with Crippen LogP contribution < -0.4 is 9.47 Å². The maximum Gasteiger partial charge on any atom is 0.169 e. The van der Waals surface area contributed by atoms with Crippen molar-refractivity contribution in [2.75, 3.05) is 7.11 Å². The molecule has 0 bridgehead atoms. The molecule has 0 unspecified atom stereocenters. The van der Waals surface area contributed by atoms with Gasteiger partial charge in [-0.25, -0.2) is 8.78 Å². The van der Waals surface area contributed by atoms with E-state index in [9.17, 15) is 8.78 Å². The number of hydrogen-bond acceptors (Lipinski definition) is 3. The van der Waals surface area contributed by atoms with Gasteiger partial charge in [0.05, 0.1) is 13.2 Å². The summed E-state index contributed by atoms with van der Waals surface area (Å²) in [6.45, 7) is 0. The molecule has 2 aromatic rings. The van der Waals surface area contributed by atoms with Gasteiger partial charge in [-0.2, -0.15) is 5.26 Å². The van der Waals surface area contributed by atoms with Gasteiger partial charge in [-0.3, -0.25) is 0 Å². The molecule has 2 aromatic carbocycles. The molecular formula is C16H11F2NO2. The molecule has 21 heavy (non-hydrogen) atoms. The molecule has 0 radical (unpaired) electrons. The lowest BCUT2D eigenvalue weighted by Crippen LogP contribution is -1.92. The number of nitrogens with zero attached hydrogens (tertiary/aromatic N) is 1. The van der Waals surface area contributed by atoms with Crippen LogP contribution in [0.2, 0.25) is 0 Å². The summed E-state index contributed by atoms with van der Waals surface area (Å²) in [5.74, 6) is -0.284. The summed E-state index contributed by atoms with van der Waals surface area (Å²) in [5.41, 5.74) is 0.479. The minimum atomic E-state index is -0.508. The molecule has 5 heteroatoms. The Labute approximate surface area is 120 Å². The second-order valence-electron chi connectivity index (χ2n) is 4.08. The first-order valence-corrected chi connectivity index (χ1v) is 6.00. The van der Waals surface area contributed by atoms with Gasteiger partial charge in [0, 0.05) is 18.2 Å². The molecule has 0 amide bonds. The van der Waals surface area contributed by atoms with Gasteiger partial charge in [-0.15, -0.1) is 0 Å². The van der Waals surface area contributed by atoms with Gasteiger partial charge in [0.25, 0.3) is 0 Å². The molecule has 0 fully saturated rings. The molecule has 3 nitrogen and oxygen atoms in total. The van der Waals surface area contributed by atoms with E-state index in [0.717, 1.165) is 0 Å². The van der Waals surface area contributed by atoms with E-state index in [0.29, 0.717) is 5.56 Å². The van der Waals surface area contributed by atoms with E-state index in [1.165, 1.54) is 49.6 Å². The van der Waals surface area contributed by atoms with Gasteiger partial charge < -0.3 is 9.47 Å². The SMILES string of the molecule is COc1cc(F)ccc1Oc1cc(F)cc(/C=C/C#N)c1. The number of ether oxygens (including phenoxy) is 2. The predicted octanol–water partition coefficient (Wildman–Crippen LogP) is 4.30. The lowest BCUT2D eigenvalue weighted by molar-refractivity contribution is 0.375. The zero-order chi connectivity index (χ0) is 15.2. The smallest absolute Gasteiger partial charge is 0.169 e. The number of methoxy groups -OCH3 is 1. The second kappa shape index (κ2) is 6.53. The number of hydrogen-bond donors (Lipinski definition) is 0. The van der Waals surface area contributed by atoms with E-state index >= 15 is 0 Å².